The van der Waals surface area contributed by atoms with E-state index in [4.69, 9.17) is 5.73 Å². The minimum atomic E-state index is -0.659. The molecule has 8 heteroatoms. The lowest BCUT2D eigenvalue weighted by molar-refractivity contribution is 0.902. The van der Waals surface area contributed by atoms with E-state index in [-0.39, 0.29) is 17.0 Å². The van der Waals surface area contributed by atoms with Crippen molar-refractivity contribution in [2.45, 2.75) is 5.92 Å². The summed E-state index contributed by atoms with van der Waals surface area (Å²) in [6.45, 7) is 0. The Hall–Kier alpha value is -4.01. The van der Waals surface area contributed by atoms with E-state index in [1.165, 1.54) is 15.9 Å². The highest BCUT2D eigenvalue weighted by Gasteiger charge is 2.32. The molecule has 1 aliphatic heterocycles. The van der Waals surface area contributed by atoms with Crippen molar-refractivity contribution in [2.75, 3.05) is 0 Å². The zero-order valence-electron chi connectivity index (χ0n) is 14.4. The fourth-order valence-corrected chi connectivity index (χ4v) is 4.27. The molecule has 28 heavy (non-hydrogen) atoms. The molecule has 1 atom stereocenters. The molecule has 7 nitrogen and oxygen atoms in total. The average molecular weight is 384 g/mol. The molecule has 0 amide bonds. The molecule has 0 saturated carbocycles. The Morgan fingerprint density at radius 3 is 2.43 bits per heavy atom. The van der Waals surface area contributed by atoms with Crippen molar-refractivity contribution in [3.8, 4) is 12.1 Å². The molecule has 0 aromatic carbocycles. The first kappa shape index (κ1) is 17.4. The van der Waals surface area contributed by atoms with Crippen LogP contribution in [-0.4, -0.2) is 14.5 Å². The summed E-state index contributed by atoms with van der Waals surface area (Å²) in [5.41, 5.74) is 7.72. The topological polar surface area (TPSA) is 121 Å². The fourth-order valence-electron chi connectivity index (χ4n) is 3.14. The van der Waals surface area contributed by atoms with Gasteiger partial charge in [-0.25, -0.2) is 0 Å². The Kier molecular flexibility index (Phi) is 4.32. The summed E-state index contributed by atoms with van der Waals surface area (Å²) >= 11 is 1.17. The third kappa shape index (κ3) is 2.69. The monoisotopic (exact) mass is 384 g/mol. The molecule has 3 aromatic rings. The van der Waals surface area contributed by atoms with E-state index < -0.39 is 5.92 Å². The van der Waals surface area contributed by atoms with Gasteiger partial charge in [0.05, 0.1) is 33.7 Å². The summed E-state index contributed by atoms with van der Waals surface area (Å²) in [6, 6.07) is 11.3. The first-order chi connectivity index (χ1) is 13.7. The Balaban J connectivity index is 2.08. The number of pyridine rings is 2. The number of hydrogen-bond acceptors (Lipinski definition) is 7. The number of fused-ring (bicyclic) bond motifs is 1. The standard InChI is InChI=1S/C20H12N6OS/c21-8-14-17(13-4-2-6-25-11-13)15(9-22)20-26(18(14)23)19(27)16(28-20)7-12-3-1-5-24-10-12/h1-7,10-11,17H,23H2/b16-7-/t17-/m1/s1. The van der Waals surface area contributed by atoms with Crippen molar-refractivity contribution in [2.24, 2.45) is 5.73 Å². The SMILES string of the molecule is N#CC1=C(N)n2c(s/c(=C\c3cccnc3)c2=O)=C(C#N)[C@@H]1c1cccnc1. The first-order valence-corrected chi connectivity index (χ1v) is 9.05. The fraction of sp³-hybridized carbons (Fsp3) is 0.0500. The van der Waals surface area contributed by atoms with E-state index in [0.29, 0.717) is 20.3 Å². The first-order valence-electron chi connectivity index (χ1n) is 8.23. The highest BCUT2D eigenvalue weighted by atomic mass is 32.1. The minimum Gasteiger partial charge on any atom is -0.384 e. The molecule has 2 N–H and O–H groups in total. The zero-order valence-corrected chi connectivity index (χ0v) is 15.2. The second-order valence-corrected chi connectivity index (χ2v) is 7.03. The number of rotatable bonds is 2. The Labute approximate surface area is 163 Å². The quantitative estimate of drug-likeness (QED) is 0.692. The van der Waals surface area contributed by atoms with Gasteiger partial charge in [-0.3, -0.25) is 19.3 Å². The van der Waals surface area contributed by atoms with E-state index in [2.05, 4.69) is 22.1 Å². The summed E-state index contributed by atoms with van der Waals surface area (Å²) in [5, 5.41) is 19.6. The van der Waals surface area contributed by atoms with E-state index >= 15 is 0 Å². The van der Waals surface area contributed by atoms with Gasteiger partial charge in [0.1, 0.15) is 10.5 Å². The lowest BCUT2D eigenvalue weighted by Crippen LogP contribution is -2.38. The van der Waals surface area contributed by atoms with Crippen molar-refractivity contribution in [1.29, 1.82) is 10.5 Å². The molecule has 0 radical (unpaired) electrons. The predicted octanol–water partition coefficient (Wildman–Crippen LogP) is 0.651. The van der Waals surface area contributed by atoms with Gasteiger partial charge in [0.2, 0.25) is 0 Å². The number of hydrogen-bond donors (Lipinski definition) is 1. The minimum absolute atomic E-state index is 0.0393. The van der Waals surface area contributed by atoms with Gasteiger partial charge < -0.3 is 5.73 Å². The lowest BCUT2D eigenvalue weighted by Gasteiger charge is -2.21. The lowest BCUT2D eigenvalue weighted by atomic mass is 9.85. The predicted molar refractivity (Wildman–Crippen MR) is 105 cm³/mol. The molecule has 4 rings (SSSR count). The van der Waals surface area contributed by atoms with Gasteiger partial charge >= 0.3 is 0 Å². The van der Waals surface area contributed by atoms with Crippen molar-refractivity contribution >= 4 is 28.8 Å². The van der Waals surface area contributed by atoms with Gasteiger partial charge in [-0.15, -0.1) is 11.3 Å². The van der Waals surface area contributed by atoms with Crippen LogP contribution in [0, 0.1) is 22.7 Å². The molecule has 4 heterocycles. The van der Waals surface area contributed by atoms with Gasteiger partial charge in [0, 0.05) is 24.8 Å². The normalized spacial score (nSPS) is 16.4. The van der Waals surface area contributed by atoms with Crippen LogP contribution >= 0.6 is 11.3 Å². The molecule has 134 valence electrons. The summed E-state index contributed by atoms with van der Waals surface area (Å²) < 4.78 is 2.08. The summed E-state index contributed by atoms with van der Waals surface area (Å²) in [6.07, 6.45) is 8.18. The number of nitrogens with two attached hydrogens (primary N) is 1. The van der Waals surface area contributed by atoms with Gasteiger partial charge in [-0.2, -0.15) is 10.5 Å². The maximum Gasteiger partial charge on any atom is 0.274 e. The van der Waals surface area contributed by atoms with E-state index in [1.807, 2.05) is 6.07 Å². The molecule has 0 saturated heterocycles. The van der Waals surface area contributed by atoms with Crippen LogP contribution in [0.25, 0.3) is 17.5 Å². The van der Waals surface area contributed by atoms with Crippen molar-refractivity contribution in [3.05, 3.63) is 85.3 Å². The highest BCUT2D eigenvalue weighted by molar-refractivity contribution is 7.07. The van der Waals surface area contributed by atoms with E-state index in [1.54, 1.807) is 49.1 Å². The van der Waals surface area contributed by atoms with Crippen LogP contribution in [-0.2, 0) is 0 Å². The van der Waals surface area contributed by atoms with Gasteiger partial charge in [0.25, 0.3) is 5.56 Å². The Morgan fingerprint density at radius 2 is 1.82 bits per heavy atom. The molecule has 3 aromatic heterocycles. The number of nitrogens with zero attached hydrogens (tertiary/aromatic N) is 5. The van der Waals surface area contributed by atoms with Gasteiger partial charge in [-0.1, -0.05) is 12.1 Å². The van der Waals surface area contributed by atoms with Crippen LogP contribution in [0.15, 0.2) is 59.4 Å². The van der Waals surface area contributed by atoms with Gasteiger partial charge in [0.15, 0.2) is 0 Å². The second kappa shape index (κ2) is 6.95. The van der Waals surface area contributed by atoms with Gasteiger partial charge in [-0.05, 0) is 29.3 Å². The van der Waals surface area contributed by atoms with Crippen LogP contribution < -0.4 is 20.5 Å². The number of allylic oxidation sites excluding steroid dienone is 1. The molecule has 0 spiro atoms. The van der Waals surface area contributed by atoms with Crippen LogP contribution in [0.5, 0.6) is 0 Å². The van der Waals surface area contributed by atoms with Crippen LogP contribution in [0.3, 0.4) is 0 Å². The second-order valence-electron chi connectivity index (χ2n) is 6.00. The third-order valence-corrected chi connectivity index (χ3v) is 5.50. The maximum atomic E-state index is 13.0. The third-order valence-electron chi connectivity index (χ3n) is 4.39. The average Bonchev–Trinajstić information content (AvgIpc) is 3.05. The van der Waals surface area contributed by atoms with Crippen LogP contribution in [0.4, 0.5) is 0 Å². The van der Waals surface area contributed by atoms with E-state index in [0.717, 1.165) is 5.56 Å². The number of aromatic nitrogens is 3. The van der Waals surface area contributed by atoms with Crippen molar-refractivity contribution < 1.29 is 0 Å². The highest BCUT2D eigenvalue weighted by Crippen LogP contribution is 2.34. The summed E-state index contributed by atoms with van der Waals surface area (Å²) in [5.74, 6) is -0.620. The van der Waals surface area contributed by atoms with Crippen LogP contribution in [0.2, 0.25) is 0 Å². The van der Waals surface area contributed by atoms with Crippen LogP contribution in [0.1, 0.15) is 17.0 Å². The summed E-state index contributed by atoms with van der Waals surface area (Å²) in [7, 11) is 0. The van der Waals surface area contributed by atoms with Crippen molar-refractivity contribution in [3.63, 3.8) is 0 Å². The zero-order chi connectivity index (χ0) is 19.7. The largest absolute Gasteiger partial charge is 0.384 e. The smallest absolute Gasteiger partial charge is 0.274 e. The molecule has 0 aliphatic carbocycles. The molecule has 0 fully saturated rings. The number of thiazole rings is 1. The molecule has 0 bridgehead atoms. The van der Waals surface area contributed by atoms with E-state index in [9.17, 15) is 15.3 Å². The molecule has 1 aliphatic rings. The molecular formula is C20H12N6OS. The maximum absolute atomic E-state index is 13.0. The Bertz CT molecular complexity index is 1350. The van der Waals surface area contributed by atoms with Crippen molar-refractivity contribution in [1.82, 2.24) is 14.5 Å². The molecule has 0 unspecified atom stereocenters. The Morgan fingerprint density at radius 1 is 1.11 bits per heavy atom. The summed E-state index contributed by atoms with van der Waals surface area (Å²) in [4.78, 5) is 21.1. The number of nitriles is 2. The molecular weight excluding hydrogens is 372 g/mol.